The summed E-state index contributed by atoms with van der Waals surface area (Å²) in [4.78, 5) is 13.1. The third-order valence-electron chi connectivity index (χ3n) is 3.06. The third-order valence-corrected chi connectivity index (χ3v) is 3.06. The van der Waals surface area contributed by atoms with Gasteiger partial charge < -0.3 is 0 Å². The molecule has 1 unspecified atom stereocenters. The molecule has 0 N–H and O–H groups in total. The summed E-state index contributed by atoms with van der Waals surface area (Å²) in [7, 11) is 0. The topological polar surface area (TPSA) is 38.7 Å². The normalized spacial score (nSPS) is 12.7. The molecular formula is C15H19N3. The van der Waals surface area contributed by atoms with E-state index >= 15 is 0 Å². The molecule has 0 fully saturated rings. The monoisotopic (exact) mass is 241 g/mol. The van der Waals surface area contributed by atoms with Crippen molar-refractivity contribution in [2.45, 2.75) is 39.0 Å². The minimum atomic E-state index is 0.295. The molecule has 2 aromatic rings. The van der Waals surface area contributed by atoms with Crippen LogP contribution in [0.4, 0.5) is 0 Å². The number of hydrogen-bond acceptors (Lipinski definition) is 3. The highest BCUT2D eigenvalue weighted by Crippen LogP contribution is 2.17. The highest BCUT2D eigenvalue weighted by molar-refractivity contribution is 5.18. The predicted octanol–water partition coefficient (Wildman–Crippen LogP) is 3.34. The van der Waals surface area contributed by atoms with Crippen molar-refractivity contribution in [3.05, 3.63) is 53.9 Å². The van der Waals surface area contributed by atoms with E-state index in [1.54, 1.807) is 12.4 Å². The predicted molar refractivity (Wildman–Crippen MR) is 72.5 cm³/mol. The highest BCUT2D eigenvalue weighted by atomic mass is 14.9. The summed E-state index contributed by atoms with van der Waals surface area (Å²) in [5.41, 5.74) is 2.38. The maximum Gasteiger partial charge on any atom is 0.131 e. The molecule has 0 aromatic carbocycles. The third kappa shape index (κ3) is 3.13. The van der Waals surface area contributed by atoms with Crippen LogP contribution in [0, 0.1) is 0 Å². The van der Waals surface area contributed by atoms with Crippen molar-refractivity contribution in [1.82, 2.24) is 15.0 Å². The van der Waals surface area contributed by atoms with Crippen LogP contribution in [0.15, 0.2) is 36.8 Å². The van der Waals surface area contributed by atoms with Gasteiger partial charge in [-0.15, -0.1) is 0 Å². The second-order valence-electron chi connectivity index (χ2n) is 4.95. The van der Waals surface area contributed by atoms with Gasteiger partial charge in [0.2, 0.25) is 0 Å². The summed E-state index contributed by atoms with van der Waals surface area (Å²) >= 11 is 0. The van der Waals surface area contributed by atoms with Crippen LogP contribution in [0.3, 0.4) is 0 Å². The second kappa shape index (κ2) is 5.71. The van der Waals surface area contributed by atoms with Crippen molar-refractivity contribution in [3.63, 3.8) is 0 Å². The Morgan fingerprint density at radius 3 is 2.28 bits per heavy atom. The summed E-state index contributed by atoms with van der Waals surface area (Å²) in [5.74, 6) is 1.71. The lowest BCUT2D eigenvalue weighted by atomic mass is 10.0. The Balaban J connectivity index is 2.05. The molecule has 0 saturated carbocycles. The van der Waals surface area contributed by atoms with Crippen molar-refractivity contribution >= 4 is 0 Å². The SMILES string of the molecule is CC(C)c1ccc(CC(C)c2ncccn2)nc1. The minimum absolute atomic E-state index is 0.295. The first-order valence-electron chi connectivity index (χ1n) is 6.38. The highest BCUT2D eigenvalue weighted by Gasteiger charge is 2.10. The molecule has 0 bridgehead atoms. The van der Waals surface area contributed by atoms with Gasteiger partial charge in [-0.05, 0) is 30.0 Å². The molecule has 94 valence electrons. The van der Waals surface area contributed by atoms with E-state index < -0.39 is 0 Å². The molecular weight excluding hydrogens is 222 g/mol. The maximum atomic E-state index is 4.51. The first-order valence-corrected chi connectivity index (χ1v) is 6.38. The number of rotatable bonds is 4. The number of hydrogen-bond donors (Lipinski definition) is 0. The average molecular weight is 241 g/mol. The Bertz CT molecular complexity index is 477. The summed E-state index contributed by atoms with van der Waals surface area (Å²) in [6.45, 7) is 6.49. The van der Waals surface area contributed by atoms with Crippen LogP contribution in [0.1, 0.15) is 49.7 Å². The van der Waals surface area contributed by atoms with E-state index in [1.807, 2.05) is 12.3 Å². The van der Waals surface area contributed by atoms with Crippen LogP contribution in [-0.2, 0) is 6.42 Å². The maximum absolute atomic E-state index is 4.51. The van der Waals surface area contributed by atoms with E-state index in [9.17, 15) is 0 Å². The van der Waals surface area contributed by atoms with Crippen molar-refractivity contribution in [2.75, 3.05) is 0 Å². The molecule has 3 nitrogen and oxygen atoms in total. The zero-order valence-corrected chi connectivity index (χ0v) is 11.2. The molecule has 3 heteroatoms. The van der Waals surface area contributed by atoms with Gasteiger partial charge in [-0.2, -0.15) is 0 Å². The molecule has 0 aliphatic heterocycles. The Morgan fingerprint density at radius 1 is 1.00 bits per heavy atom. The molecule has 0 amide bonds. The van der Waals surface area contributed by atoms with Crippen LogP contribution in [-0.4, -0.2) is 15.0 Å². The van der Waals surface area contributed by atoms with Crippen molar-refractivity contribution in [1.29, 1.82) is 0 Å². The largest absolute Gasteiger partial charge is 0.261 e. The summed E-state index contributed by atoms with van der Waals surface area (Å²) < 4.78 is 0. The van der Waals surface area contributed by atoms with E-state index in [1.165, 1.54) is 5.56 Å². The average Bonchev–Trinajstić information content (AvgIpc) is 2.40. The van der Waals surface area contributed by atoms with Gasteiger partial charge in [-0.25, -0.2) is 9.97 Å². The minimum Gasteiger partial charge on any atom is -0.261 e. The van der Waals surface area contributed by atoms with E-state index in [4.69, 9.17) is 0 Å². The Kier molecular flexibility index (Phi) is 4.03. The Labute approximate surface area is 108 Å². The van der Waals surface area contributed by atoms with Gasteiger partial charge in [0.1, 0.15) is 5.82 Å². The van der Waals surface area contributed by atoms with Crippen molar-refractivity contribution in [3.8, 4) is 0 Å². The Morgan fingerprint density at radius 2 is 1.72 bits per heavy atom. The fourth-order valence-corrected chi connectivity index (χ4v) is 1.87. The van der Waals surface area contributed by atoms with Gasteiger partial charge in [-0.3, -0.25) is 4.98 Å². The lowest BCUT2D eigenvalue weighted by Gasteiger charge is -2.10. The van der Waals surface area contributed by atoms with E-state index in [2.05, 4.69) is 47.9 Å². The first kappa shape index (κ1) is 12.7. The van der Waals surface area contributed by atoms with E-state index in [-0.39, 0.29) is 0 Å². The quantitative estimate of drug-likeness (QED) is 0.824. The smallest absolute Gasteiger partial charge is 0.131 e. The fraction of sp³-hybridized carbons (Fsp3) is 0.400. The van der Waals surface area contributed by atoms with Crippen LogP contribution in [0.25, 0.3) is 0 Å². The molecule has 0 aliphatic rings. The van der Waals surface area contributed by atoms with E-state index in [0.29, 0.717) is 11.8 Å². The molecule has 2 heterocycles. The fourth-order valence-electron chi connectivity index (χ4n) is 1.87. The summed E-state index contributed by atoms with van der Waals surface area (Å²) in [5, 5.41) is 0. The standard InChI is InChI=1S/C15H19N3/c1-11(2)13-5-6-14(18-10-13)9-12(3)15-16-7-4-8-17-15/h4-8,10-12H,9H2,1-3H3. The molecule has 0 spiro atoms. The molecule has 2 rings (SSSR count). The molecule has 0 saturated heterocycles. The van der Waals surface area contributed by atoms with Crippen LogP contribution >= 0.6 is 0 Å². The lowest BCUT2D eigenvalue weighted by molar-refractivity contribution is 0.684. The molecule has 2 aromatic heterocycles. The first-order chi connectivity index (χ1) is 8.66. The van der Waals surface area contributed by atoms with Gasteiger partial charge in [0.05, 0.1) is 0 Å². The summed E-state index contributed by atoms with van der Waals surface area (Å²) in [6, 6.07) is 6.10. The molecule has 0 radical (unpaired) electrons. The van der Waals surface area contributed by atoms with Crippen LogP contribution in [0.2, 0.25) is 0 Å². The molecule has 0 aliphatic carbocycles. The Hall–Kier alpha value is -1.77. The van der Waals surface area contributed by atoms with Crippen molar-refractivity contribution in [2.24, 2.45) is 0 Å². The van der Waals surface area contributed by atoms with Gasteiger partial charge in [-0.1, -0.05) is 26.8 Å². The zero-order chi connectivity index (χ0) is 13.0. The molecule has 18 heavy (non-hydrogen) atoms. The summed E-state index contributed by atoms with van der Waals surface area (Å²) in [6.07, 6.45) is 6.42. The van der Waals surface area contributed by atoms with Gasteiger partial charge in [0.25, 0.3) is 0 Å². The zero-order valence-electron chi connectivity index (χ0n) is 11.2. The second-order valence-corrected chi connectivity index (χ2v) is 4.95. The number of nitrogens with zero attached hydrogens (tertiary/aromatic N) is 3. The van der Waals surface area contributed by atoms with E-state index in [0.717, 1.165) is 17.9 Å². The van der Waals surface area contributed by atoms with Crippen molar-refractivity contribution < 1.29 is 0 Å². The number of aromatic nitrogens is 3. The van der Waals surface area contributed by atoms with Gasteiger partial charge in [0, 0.05) is 30.2 Å². The number of pyridine rings is 1. The van der Waals surface area contributed by atoms with Gasteiger partial charge >= 0.3 is 0 Å². The van der Waals surface area contributed by atoms with Crippen LogP contribution < -0.4 is 0 Å². The van der Waals surface area contributed by atoms with Gasteiger partial charge in [0.15, 0.2) is 0 Å². The molecule has 1 atom stereocenters. The van der Waals surface area contributed by atoms with Crippen LogP contribution in [0.5, 0.6) is 0 Å². The lowest BCUT2D eigenvalue weighted by Crippen LogP contribution is -2.05.